The summed E-state index contributed by atoms with van der Waals surface area (Å²) in [6.45, 7) is 0. The maximum atomic E-state index is 12.7. The van der Waals surface area contributed by atoms with Gasteiger partial charge in [-0.15, -0.1) is 0 Å². The Balaban J connectivity index is 2.60. The molecule has 0 amide bonds. The van der Waals surface area contributed by atoms with Gasteiger partial charge in [-0.3, -0.25) is 4.98 Å². The second-order valence-electron chi connectivity index (χ2n) is 4.18. The molecule has 7 heteroatoms. The molecule has 1 aromatic heterocycles. The Morgan fingerprint density at radius 1 is 1.24 bits per heavy atom. The van der Waals surface area contributed by atoms with Crippen LogP contribution in [0.4, 0.5) is 13.2 Å². The first kappa shape index (κ1) is 14.8. The van der Waals surface area contributed by atoms with Crippen LogP contribution in [0.15, 0.2) is 36.7 Å². The van der Waals surface area contributed by atoms with Crippen molar-refractivity contribution in [2.75, 3.05) is 7.11 Å². The average Bonchev–Trinajstić information content (AvgIpc) is 2.45. The number of alkyl halides is 3. The monoisotopic (exact) mass is 297 g/mol. The van der Waals surface area contributed by atoms with Crippen molar-refractivity contribution in [3.05, 3.63) is 47.8 Å². The summed E-state index contributed by atoms with van der Waals surface area (Å²) in [5, 5.41) is 9.12. The zero-order chi connectivity index (χ0) is 15.6. The van der Waals surface area contributed by atoms with Crippen molar-refractivity contribution in [3.63, 3.8) is 0 Å². The topological polar surface area (TPSA) is 59.4 Å². The lowest BCUT2D eigenvalue weighted by Crippen LogP contribution is -2.08. The number of hydrogen-bond donors (Lipinski definition) is 1. The number of carboxylic acids is 1. The molecule has 21 heavy (non-hydrogen) atoms. The number of benzene rings is 1. The lowest BCUT2D eigenvalue weighted by molar-refractivity contribution is -0.137. The van der Waals surface area contributed by atoms with Crippen molar-refractivity contribution in [3.8, 4) is 16.9 Å². The molecule has 1 N–H and O–H groups in total. The number of rotatable bonds is 3. The number of halogens is 3. The van der Waals surface area contributed by atoms with E-state index in [1.54, 1.807) is 0 Å². The van der Waals surface area contributed by atoms with Crippen molar-refractivity contribution in [2.45, 2.75) is 6.18 Å². The van der Waals surface area contributed by atoms with Crippen LogP contribution in [0.1, 0.15) is 15.9 Å². The third-order valence-electron chi connectivity index (χ3n) is 2.84. The summed E-state index contributed by atoms with van der Waals surface area (Å²) in [6, 6.07) is 4.06. The Morgan fingerprint density at radius 2 is 1.95 bits per heavy atom. The van der Waals surface area contributed by atoms with Gasteiger partial charge >= 0.3 is 12.1 Å². The van der Waals surface area contributed by atoms with Crippen LogP contribution in [-0.4, -0.2) is 23.2 Å². The molecule has 0 saturated carbocycles. The van der Waals surface area contributed by atoms with E-state index in [0.29, 0.717) is 17.4 Å². The van der Waals surface area contributed by atoms with Crippen molar-refractivity contribution in [2.24, 2.45) is 0 Å². The van der Waals surface area contributed by atoms with Gasteiger partial charge in [0, 0.05) is 11.8 Å². The molecule has 1 heterocycles. The van der Waals surface area contributed by atoms with E-state index in [0.717, 1.165) is 12.1 Å². The zero-order valence-corrected chi connectivity index (χ0v) is 10.8. The van der Waals surface area contributed by atoms with E-state index in [1.165, 1.54) is 25.6 Å². The molecule has 1 aromatic carbocycles. The fourth-order valence-electron chi connectivity index (χ4n) is 1.83. The van der Waals surface area contributed by atoms with Gasteiger partial charge in [0.2, 0.25) is 0 Å². The molecule has 0 aliphatic rings. The maximum absolute atomic E-state index is 12.7. The van der Waals surface area contributed by atoms with Crippen molar-refractivity contribution in [1.29, 1.82) is 0 Å². The summed E-state index contributed by atoms with van der Waals surface area (Å²) in [6.07, 6.45) is -1.83. The number of carboxylic acid groups (broad SMARTS) is 1. The van der Waals surface area contributed by atoms with Gasteiger partial charge in [0.05, 0.1) is 24.4 Å². The first-order valence-electron chi connectivity index (χ1n) is 5.77. The van der Waals surface area contributed by atoms with Crippen LogP contribution < -0.4 is 4.74 Å². The minimum atomic E-state index is -4.60. The fraction of sp³-hybridized carbons (Fsp3) is 0.143. The highest BCUT2D eigenvalue weighted by atomic mass is 19.4. The molecule has 4 nitrogen and oxygen atoms in total. The highest BCUT2D eigenvalue weighted by Gasteiger charge is 2.32. The standard InChI is InChI=1S/C14H10F3NO3/c1-21-10-4-8(6-18-7-10)11-3-2-9(14(15,16)17)5-12(11)13(19)20/h2-7H,1H3,(H,19,20). The fourth-order valence-corrected chi connectivity index (χ4v) is 1.83. The molecule has 2 rings (SSSR count). The Hall–Kier alpha value is -2.57. The highest BCUT2D eigenvalue weighted by Crippen LogP contribution is 2.34. The lowest BCUT2D eigenvalue weighted by Gasteiger charge is -2.11. The van der Waals surface area contributed by atoms with Crippen molar-refractivity contribution in [1.82, 2.24) is 4.98 Å². The van der Waals surface area contributed by atoms with E-state index >= 15 is 0 Å². The van der Waals surface area contributed by atoms with Gasteiger partial charge in [0.15, 0.2) is 0 Å². The summed E-state index contributed by atoms with van der Waals surface area (Å²) in [5.74, 6) is -1.07. The number of aromatic carboxylic acids is 1. The second-order valence-corrected chi connectivity index (χ2v) is 4.18. The predicted molar refractivity (Wildman–Crippen MR) is 68.2 cm³/mol. The van der Waals surface area contributed by atoms with Crippen LogP contribution in [0.3, 0.4) is 0 Å². The summed E-state index contributed by atoms with van der Waals surface area (Å²) >= 11 is 0. The Kier molecular flexibility index (Phi) is 3.84. The number of methoxy groups -OCH3 is 1. The number of carbonyl (C=O) groups is 1. The third kappa shape index (κ3) is 3.13. The Morgan fingerprint density at radius 3 is 2.52 bits per heavy atom. The molecule has 0 radical (unpaired) electrons. The van der Waals surface area contributed by atoms with Gasteiger partial charge in [-0.05, 0) is 23.8 Å². The van der Waals surface area contributed by atoms with E-state index in [2.05, 4.69) is 4.98 Å². The molecule has 0 saturated heterocycles. The van der Waals surface area contributed by atoms with Crippen LogP contribution in [0, 0.1) is 0 Å². The maximum Gasteiger partial charge on any atom is 0.416 e. The quantitative estimate of drug-likeness (QED) is 0.942. The summed E-state index contributed by atoms with van der Waals surface area (Å²) in [4.78, 5) is 15.1. The average molecular weight is 297 g/mol. The largest absolute Gasteiger partial charge is 0.495 e. The van der Waals surface area contributed by atoms with Crippen LogP contribution in [0.2, 0.25) is 0 Å². The van der Waals surface area contributed by atoms with Crippen molar-refractivity contribution < 1.29 is 27.8 Å². The summed E-state index contributed by atoms with van der Waals surface area (Å²) in [7, 11) is 1.41. The van der Waals surface area contributed by atoms with Crippen LogP contribution in [0.25, 0.3) is 11.1 Å². The number of ether oxygens (including phenoxy) is 1. The van der Waals surface area contributed by atoms with Gasteiger partial charge < -0.3 is 9.84 Å². The van der Waals surface area contributed by atoms with E-state index < -0.39 is 23.3 Å². The van der Waals surface area contributed by atoms with Gasteiger partial charge in [-0.1, -0.05) is 6.07 Å². The number of hydrogen-bond acceptors (Lipinski definition) is 3. The summed E-state index contributed by atoms with van der Waals surface area (Å²) in [5.41, 5.74) is -0.957. The van der Waals surface area contributed by atoms with Gasteiger partial charge in [0.25, 0.3) is 0 Å². The molecule has 0 spiro atoms. The second kappa shape index (κ2) is 5.43. The van der Waals surface area contributed by atoms with Gasteiger partial charge in [-0.25, -0.2) is 4.79 Å². The molecular formula is C14H10F3NO3. The predicted octanol–water partition coefficient (Wildman–Crippen LogP) is 3.47. The molecule has 2 aromatic rings. The van der Waals surface area contributed by atoms with Crippen LogP contribution in [0.5, 0.6) is 5.75 Å². The molecule has 0 bridgehead atoms. The highest BCUT2D eigenvalue weighted by molar-refractivity contribution is 5.96. The van der Waals surface area contributed by atoms with E-state index in [9.17, 15) is 18.0 Å². The molecule has 0 aliphatic carbocycles. The smallest absolute Gasteiger partial charge is 0.416 e. The number of pyridine rings is 1. The van der Waals surface area contributed by atoms with Gasteiger partial charge in [-0.2, -0.15) is 13.2 Å². The molecule has 0 fully saturated rings. The Labute approximate surface area is 117 Å². The van der Waals surface area contributed by atoms with Gasteiger partial charge in [0.1, 0.15) is 5.75 Å². The van der Waals surface area contributed by atoms with E-state index in [1.807, 2.05) is 0 Å². The first-order chi connectivity index (χ1) is 9.82. The van der Waals surface area contributed by atoms with Crippen LogP contribution in [-0.2, 0) is 6.18 Å². The number of aromatic nitrogens is 1. The first-order valence-corrected chi connectivity index (χ1v) is 5.77. The van der Waals surface area contributed by atoms with Crippen molar-refractivity contribution >= 4 is 5.97 Å². The zero-order valence-electron chi connectivity index (χ0n) is 10.8. The van der Waals surface area contributed by atoms with Crippen LogP contribution >= 0.6 is 0 Å². The minimum Gasteiger partial charge on any atom is -0.495 e. The van der Waals surface area contributed by atoms with E-state index in [-0.39, 0.29) is 5.56 Å². The lowest BCUT2D eigenvalue weighted by atomic mass is 9.98. The third-order valence-corrected chi connectivity index (χ3v) is 2.84. The van der Waals surface area contributed by atoms with E-state index in [4.69, 9.17) is 9.84 Å². The minimum absolute atomic E-state index is 0.141. The molecule has 0 aliphatic heterocycles. The molecular weight excluding hydrogens is 287 g/mol. The Bertz CT molecular complexity index is 683. The number of nitrogens with zero attached hydrogens (tertiary/aromatic N) is 1. The molecule has 0 atom stereocenters. The SMILES string of the molecule is COc1cncc(-c2ccc(C(F)(F)F)cc2C(=O)O)c1. The molecule has 0 unspecified atom stereocenters. The summed E-state index contributed by atoms with van der Waals surface area (Å²) < 4.78 is 42.9. The molecule has 110 valence electrons. The normalized spacial score (nSPS) is 11.2.